The van der Waals surface area contributed by atoms with Gasteiger partial charge < -0.3 is 14.8 Å². The van der Waals surface area contributed by atoms with Crippen LogP contribution in [0.15, 0.2) is 47.5 Å². The van der Waals surface area contributed by atoms with Crippen molar-refractivity contribution >= 4 is 11.7 Å². The molecule has 1 fully saturated rings. The molecule has 2 heterocycles. The number of anilines is 1. The predicted octanol–water partition coefficient (Wildman–Crippen LogP) is 1.72. The normalized spacial score (nSPS) is 17.3. The monoisotopic (exact) mass is 326 g/mol. The number of carbonyl (C=O) groups excluding carboxylic acids is 1. The van der Waals surface area contributed by atoms with Crippen LogP contribution in [0.25, 0.3) is 0 Å². The summed E-state index contributed by atoms with van der Waals surface area (Å²) < 4.78 is 1.61. The van der Waals surface area contributed by atoms with Gasteiger partial charge in [-0.2, -0.15) is 0 Å². The summed E-state index contributed by atoms with van der Waals surface area (Å²) in [6, 6.07) is 9.99. The van der Waals surface area contributed by atoms with E-state index in [0.29, 0.717) is 38.4 Å². The number of rotatable bonds is 6. The van der Waals surface area contributed by atoms with Crippen molar-refractivity contribution in [2.75, 3.05) is 18.4 Å². The Kier molecular flexibility index (Phi) is 4.93. The number of benzene rings is 1. The predicted molar refractivity (Wildman–Crippen MR) is 92.6 cm³/mol. The SMILES string of the molecule is CCn1ccnc(NC[C@H]2CC(=O)N(Cc3ccccc3)C2)c1=O. The highest BCUT2D eigenvalue weighted by atomic mass is 16.2. The molecule has 6 nitrogen and oxygen atoms in total. The fourth-order valence-electron chi connectivity index (χ4n) is 3.01. The minimum absolute atomic E-state index is 0.120. The molecule has 1 atom stereocenters. The second kappa shape index (κ2) is 7.29. The zero-order chi connectivity index (χ0) is 16.9. The van der Waals surface area contributed by atoms with Gasteiger partial charge in [0.25, 0.3) is 5.56 Å². The van der Waals surface area contributed by atoms with Crippen molar-refractivity contribution in [3.05, 3.63) is 58.6 Å². The molecule has 1 N–H and O–H groups in total. The van der Waals surface area contributed by atoms with E-state index >= 15 is 0 Å². The number of nitrogens with one attached hydrogen (secondary N) is 1. The van der Waals surface area contributed by atoms with Gasteiger partial charge >= 0.3 is 0 Å². The smallest absolute Gasteiger partial charge is 0.293 e. The van der Waals surface area contributed by atoms with Gasteiger partial charge in [0.2, 0.25) is 5.91 Å². The molecular weight excluding hydrogens is 304 g/mol. The zero-order valence-electron chi connectivity index (χ0n) is 13.8. The van der Waals surface area contributed by atoms with E-state index in [0.717, 1.165) is 5.56 Å². The van der Waals surface area contributed by atoms with E-state index in [9.17, 15) is 9.59 Å². The third-order valence-electron chi connectivity index (χ3n) is 4.32. The van der Waals surface area contributed by atoms with Crippen LogP contribution in [0.4, 0.5) is 5.82 Å². The standard InChI is InChI=1S/C18H22N4O2/c1-2-21-9-8-19-17(18(21)24)20-11-15-10-16(23)22(13-15)12-14-6-4-3-5-7-14/h3-9,15H,2,10-13H2,1H3,(H,19,20)/t15-/m1/s1. The summed E-state index contributed by atoms with van der Waals surface area (Å²) in [4.78, 5) is 30.3. The van der Waals surface area contributed by atoms with Crippen LogP contribution in [0.5, 0.6) is 0 Å². The van der Waals surface area contributed by atoms with Gasteiger partial charge in [-0.15, -0.1) is 0 Å². The fourth-order valence-corrected chi connectivity index (χ4v) is 3.01. The van der Waals surface area contributed by atoms with E-state index in [1.807, 2.05) is 42.2 Å². The maximum atomic E-state index is 12.2. The van der Waals surface area contributed by atoms with Crippen molar-refractivity contribution in [3.63, 3.8) is 0 Å². The minimum Gasteiger partial charge on any atom is -0.365 e. The largest absolute Gasteiger partial charge is 0.365 e. The Morgan fingerprint density at radius 3 is 2.79 bits per heavy atom. The average Bonchev–Trinajstić information content (AvgIpc) is 2.94. The van der Waals surface area contributed by atoms with Gasteiger partial charge in [-0.1, -0.05) is 30.3 Å². The quantitative estimate of drug-likeness (QED) is 0.878. The fraction of sp³-hybridized carbons (Fsp3) is 0.389. The molecular formula is C18H22N4O2. The van der Waals surface area contributed by atoms with Gasteiger partial charge in [-0.05, 0) is 12.5 Å². The van der Waals surface area contributed by atoms with Gasteiger partial charge in [-0.25, -0.2) is 4.98 Å². The molecule has 24 heavy (non-hydrogen) atoms. The summed E-state index contributed by atoms with van der Waals surface area (Å²) in [7, 11) is 0. The summed E-state index contributed by atoms with van der Waals surface area (Å²) in [5.41, 5.74) is 1.01. The number of hydrogen-bond donors (Lipinski definition) is 1. The van der Waals surface area contributed by atoms with E-state index in [4.69, 9.17) is 0 Å². The zero-order valence-corrected chi connectivity index (χ0v) is 13.8. The maximum Gasteiger partial charge on any atom is 0.293 e. The molecule has 2 aromatic rings. The summed E-state index contributed by atoms with van der Waals surface area (Å²) in [5.74, 6) is 0.712. The minimum atomic E-state index is -0.120. The highest BCUT2D eigenvalue weighted by Gasteiger charge is 2.29. The van der Waals surface area contributed by atoms with Gasteiger partial charge in [-0.3, -0.25) is 9.59 Å². The van der Waals surface area contributed by atoms with Crippen molar-refractivity contribution in [1.82, 2.24) is 14.5 Å². The molecule has 126 valence electrons. The highest BCUT2D eigenvalue weighted by Crippen LogP contribution is 2.20. The van der Waals surface area contributed by atoms with E-state index in [1.54, 1.807) is 17.0 Å². The molecule has 1 aromatic heterocycles. The van der Waals surface area contributed by atoms with Crippen LogP contribution < -0.4 is 10.9 Å². The van der Waals surface area contributed by atoms with Crippen LogP contribution in [-0.2, 0) is 17.9 Å². The molecule has 0 radical (unpaired) electrons. The van der Waals surface area contributed by atoms with Crippen LogP contribution in [0.3, 0.4) is 0 Å². The first-order valence-corrected chi connectivity index (χ1v) is 8.28. The van der Waals surface area contributed by atoms with Gasteiger partial charge in [0.15, 0.2) is 5.82 Å². The van der Waals surface area contributed by atoms with Crippen LogP contribution in [0, 0.1) is 5.92 Å². The van der Waals surface area contributed by atoms with Gasteiger partial charge in [0.1, 0.15) is 0 Å². The average molecular weight is 326 g/mol. The lowest BCUT2D eigenvalue weighted by Gasteiger charge is -2.17. The number of nitrogens with zero attached hydrogens (tertiary/aromatic N) is 3. The second-order valence-electron chi connectivity index (χ2n) is 6.08. The Balaban J connectivity index is 1.58. The van der Waals surface area contributed by atoms with E-state index in [1.165, 1.54) is 0 Å². The number of hydrogen-bond acceptors (Lipinski definition) is 4. The molecule has 0 saturated carbocycles. The molecule has 0 spiro atoms. The third kappa shape index (κ3) is 3.64. The first-order chi connectivity index (χ1) is 11.7. The lowest BCUT2D eigenvalue weighted by Crippen LogP contribution is -2.28. The Morgan fingerprint density at radius 2 is 2.04 bits per heavy atom. The summed E-state index contributed by atoms with van der Waals surface area (Å²) in [6.07, 6.45) is 3.80. The molecule has 6 heteroatoms. The van der Waals surface area contributed by atoms with E-state index in [-0.39, 0.29) is 17.4 Å². The van der Waals surface area contributed by atoms with Crippen LogP contribution in [-0.4, -0.2) is 33.4 Å². The lowest BCUT2D eigenvalue weighted by molar-refractivity contribution is -0.128. The van der Waals surface area contributed by atoms with Crippen molar-refractivity contribution < 1.29 is 4.79 Å². The molecule has 3 rings (SSSR count). The number of aromatic nitrogens is 2. The van der Waals surface area contributed by atoms with E-state index in [2.05, 4.69) is 10.3 Å². The van der Waals surface area contributed by atoms with Crippen LogP contribution >= 0.6 is 0 Å². The van der Waals surface area contributed by atoms with Gasteiger partial charge in [0.05, 0.1) is 0 Å². The van der Waals surface area contributed by atoms with Crippen LogP contribution in [0.1, 0.15) is 18.9 Å². The number of likely N-dealkylation sites (tertiary alicyclic amines) is 1. The number of amides is 1. The van der Waals surface area contributed by atoms with Crippen molar-refractivity contribution in [2.45, 2.75) is 26.4 Å². The summed E-state index contributed by atoms with van der Waals surface area (Å²) >= 11 is 0. The van der Waals surface area contributed by atoms with Crippen molar-refractivity contribution in [2.24, 2.45) is 5.92 Å². The Hall–Kier alpha value is -2.63. The molecule has 0 bridgehead atoms. The number of carbonyl (C=O) groups is 1. The lowest BCUT2D eigenvalue weighted by atomic mass is 10.1. The van der Waals surface area contributed by atoms with Crippen molar-refractivity contribution in [3.8, 4) is 0 Å². The maximum absolute atomic E-state index is 12.2. The molecule has 1 saturated heterocycles. The Bertz CT molecular complexity index is 757. The highest BCUT2D eigenvalue weighted by molar-refractivity contribution is 5.78. The summed E-state index contributed by atoms with van der Waals surface area (Å²) in [6.45, 7) is 4.45. The van der Waals surface area contributed by atoms with Crippen LogP contribution in [0.2, 0.25) is 0 Å². The summed E-state index contributed by atoms with van der Waals surface area (Å²) in [5, 5.41) is 3.11. The third-order valence-corrected chi connectivity index (χ3v) is 4.32. The second-order valence-corrected chi connectivity index (χ2v) is 6.08. The first kappa shape index (κ1) is 16.2. The molecule has 1 aromatic carbocycles. The van der Waals surface area contributed by atoms with Gasteiger partial charge in [0, 0.05) is 50.9 Å². The topological polar surface area (TPSA) is 67.2 Å². The first-order valence-electron chi connectivity index (χ1n) is 8.28. The number of aryl methyl sites for hydroxylation is 1. The molecule has 1 aliphatic rings. The molecule has 0 aliphatic carbocycles. The molecule has 1 amide bonds. The van der Waals surface area contributed by atoms with Crippen molar-refractivity contribution in [1.29, 1.82) is 0 Å². The Labute approximate surface area is 141 Å². The Morgan fingerprint density at radius 1 is 1.25 bits per heavy atom. The van der Waals surface area contributed by atoms with E-state index < -0.39 is 0 Å². The molecule has 1 aliphatic heterocycles. The molecule has 0 unspecified atom stereocenters.